The summed E-state index contributed by atoms with van der Waals surface area (Å²) >= 11 is 0. The Bertz CT molecular complexity index is 1270. The number of sulfonamides is 1. The number of nitrogens with zero attached hydrogens (tertiary/aromatic N) is 4. The van der Waals surface area contributed by atoms with E-state index in [1.54, 1.807) is 28.6 Å². The van der Waals surface area contributed by atoms with E-state index >= 15 is 0 Å². The van der Waals surface area contributed by atoms with Crippen LogP contribution in [0.5, 0.6) is 0 Å². The highest BCUT2D eigenvalue weighted by Gasteiger charge is 2.27. The molecule has 2 aromatic carbocycles. The molecule has 2 aliphatic heterocycles. The number of nitrogens with one attached hydrogen (secondary N) is 1. The lowest BCUT2D eigenvalue weighted by Crippen LogP contribution is -2.47. The van der Waals surface area contributed by atoms with Gasteiger partial charge in [-0.2, -0.15) is 4.31 Å². The third-order valence-corrected chi connectivity index (χ3v) is 8.78. The van der Waals surface area contributed by atoms with E-state index in [2.05, 4.69) is 20.1 Å². The fourth-order valence-corrected chi connectivity index (χ4v) is 6.43. The van der Waals surface area contributed by atoms with Gasteiger partial charge in [0.05, 0.1) is 16.1 Å². The van der Waals surface area contributed by atoms with E-state index in [1.807, 2.05) is 24.3 Å². The lowest BCUT2D eigenvalue weighted by Gasteiger charge is -2.36. The molecular weight excluding hydrogens is 465 g/mol. The van der Waals surface area contributed by atoms with Gasteiger partial charge < -0.3 is 10.2 Å². The highest BCUT2D eigenvalue weighted by molar-refractivity contribution is 7.89. The van der Waals surface area contributed by atoms with E-state index in [1.165, 1.54) is 6.07 Å². The van der Waals surface area contributed by atoms with Crippen molar-refractivity contribution < 1.29 is 12.8 Å². The molecule has 0 amide bonds. The van der Waals surface area contributed by atoms with Crippen LogP contribution in [-0.4, -0.2) is 75.0 Å². The molecule has 186 valence electrons. The minimum atomic E-state index is -3.43. The smallest absolute Gasteiger partial charge is 0.243 e. The molecule has 3 aromatic rings. The highest BCUT2D eigenvalue weighted by atomic mass is 32.2. The molecule has 0 bridgehead atoms. The van der Waals surface area contributed by atoms with Crippen molar-refractivity contribution in [2.45, 2.75) is 24.2 Å². The van der Waals surface area contributed by atoms with Crippen LogP contribution in [0.3, 0.4) is 0 Å². The molecule has 7 nitrogen and oxygen atoms in total. The molecule has 2 fully saturated rings. The SMILES string of the molecule is O=S(=O)(c1ccc2nc(NCCCN3CCN(c4ccccc4F)CC3)ccc2c1)N1CCCC1. The van der Waals surface area contributed by atoms with Gasteiger partial charge in [0.1, 0.15) is 11.6 Å². The molecule has 0 radical (unpaired) electrons. The number of aromatic nitrogens is 1. The number of benzene rings is 2. The average molecular weight is 498 g/mol. The van der Waals surface area contributed by atoms with E-state index in [-0.39, 0.29) is 5.82 Å². The van der Waals surface area contributed by atoms with Crippen LogP contribution in [0.25, 0.3) is 10.9 Å². The third-order valence-electron chi connectivity index (χ3n) is 6.89. The fourth-order valence-electron chi connectivity index (χ4n) is 4.88. The summed E-state index contributed by atoms with van der Waals surface area (Å²) < 4.78 is 41.2. The van der Waals surface area contributed by atoms with Gasteiger partial charge >= 0.3 is 0 Å². The first-order valence-electron chi connectivity index (χ1n) is 12.4. The van der Waals surface area contributed by atoms with Gasteiger partial charge in [0.15, 0.2) is 0 Å². The number of anilines is 2. The predicted molar refractivity (Wildman–Crippen MR) is 138 cm³/mol. The van der Waals surface area contributed by atoms with Crippen LogP contribution in [0.4, 0.5) is 15.9 Å². The molecule has 1 aromatic heterocycles. The lowest BCUT2D eigenvalue weighted by molar-refractivity contribution is 0.256. The van der Waals surface area contributed by atoms with Gasteiger partial charge in [0, 0.05) is 51.2 Å². The highest BCUT2D eigenvalue weighted by Crippen LogP contribution is 2.25. The van der Waals surface area contributed by atoms with Crippen LogP contribution >= 0.6 is 0 Å². The summed E-state index contributed by atoms with van der Waals surface area (Å²) in [4.78, 5) is 9.52. The van der Waals surface area contributed by atoms with Gasteiger partial charge in [-0.3, -0.25) is 4.90 Å². The van der Waals surface area contributed by atoms with Gasteiger partial charge in [-0.1, -0.05) is 12.1 Å². The topological polar surface area (TPSA) is 68.8 Å². The fraction of sp³-hybridized carbons (Fsp3) is 0.423. The quantitative estimate of drug-likeness (QED) is 0.478. The molecule has 0 spiro atoms. The molecule has 0 saturated carbocycles. The number of pyridine rings is 1. The maximum atomic E-state index is 14.0. The molecule has 0 atom stereocenters. The maximum Gasteiger partial charge on any atom is 0.243 e. The standard InChI is InChI=1S/C26H32FN5O2S/c27-23-6-1-2-7-25(23)31-18-16-30(17-19-31)13-5-12-28-26-11-8-21-20-22(9-10-24(21)29-26)35(33,34)32-14-3-4-15-32/h1-2,6-11,20H,3-5,12-19H2,(H,28,29). The van der Waals surface area contributed by atoms with Gasteiger partial charge in [-0.25, -0.2) is 17.8 Å². The van der Waals surface area contributed by atoms with Crippen molar-refractivity contribution in [3.8, 4) is 0 Å². The maximum absolute atomic E-state index is 14.0. The number of hydrogen-bond acceptors (Lipinski definition) is 6. The van der Waals surface area contributed by atoms with E-state index in [9.17, 15) is 12.8 Å². The summed E-state index contributed by atoms with van der Waals surface area (Å²) in [6.45, 7) is 6.48. The second-order valence-corrected chi connectivity index (χ2v) is 11.2. The Morgan fingerprint density at radius 2 is 1.69 bits per heavy atom. The Labute approximate surface area is 206 Å². The summed E-state index contributed by atoms with van der Waals surface area (Å²) in [5.74, 6) is 0.634. The van der Waals surface area contributed by atoms with Gasteiger partial charge in [-0.05, 0) is 68.3 Å². The zero-order valence-electron chi connectivity index (χ0n) is 19.9. The first-order valence-corrected chi connectivity index (χ1v) is 13.8. The molecule has 35 heavy (non-hydrogen) atoms. The molecular formula is C26H32FN5O2S. The number of para-hydroxylation sites is 1. The number of rotatable bonds is 8. The Kier molecular flexibility index (Phi) is 7.17. The van der Waals surface area contributed by atoms with Crippen LogP contribution < -0.4 is 10.2 Å². The van der Waals surface area contributed by atoms with E-state index < -0.39 is 10.0 Å². The van der Waals surface area contributed by atoms with Crippen molar-refractivity contribution in [3.05, 3.63) is 60.4 Å². The number of hydrogen-bond donors (Lipinski definition) is 1. The second kappa shape index (κ2) is 10.5. The lowest BCUT2D eigenvalue weighted by atomic mass is 10.2. The van der Waals surface area contributed by atoms with Gasteiger partial charge in [0.25, 0.3) is 0 Å². The molecule has 3 heterocycles. The second-order valence-electron chi connectivity index (χ2n) is 9.22. The van der Waals surface area contributed by atoms with E-state index in [0.717, 1.165) is 75.3 Å². The Morgan fingerprint density at radius 3 is 2.46 bits per heavy atom. The van der Waals surface area contributed by atoms with Crippen LogP contribution in [0.2, 0.25) is 0 Å². The average Bonchev–Trinajstić information content (AvgIpc) is 3.43. The monoisotopic (exact) mass is 497 g/mol. The first-order chi connectivity index (χ1) is 17.0. The van der Waals surface area contributed by atoms with Crippen molar-refractivity contribution >= 4 is 32.4 Å². The Morgan fingerprint density at radius 1 is 0.914 bits per heavy atom. The van der Waals surface area contributed by atoms with Crippen LogP contribution in [-0.2, 0) is 10.0 Å². The van der Waals surface area contributed by atoms with Crippen molar-refractivity contribution in [2.75, 3.05) is 62.6 Å². The van der Waals surface area contributed by atoms with Crippen LogP contribution in [0.15, 0.2) is 59.5 Å². The van der Waals surface area contributed by atoms with Crippen LogP contribution in [0.1, 0.15) is 19.3 Å². The van der Waals surface area contributed by atoms with E-state index in [4.69, 9.17) is 0 Å². The van der Waals surface area contributed by atoms with Crippen molar-refractivity contribution in [1.29, 1.82) is 0 Å². The molecule has 9 heteroatoms. The van der Waals surface area contributed by atoms with Gasteiger partial charge in [-0.15, -0.1) is 0 Å². The number of halogens is 1. The Balaban J connectivity index is 1.10. The summed E-state index contributed by atoms with van der Waals surface area (Å²) in [6, 6.07) is 16.0. The number of piperazine rings is 1. The Hall–Kier alpha value is -2.75. The third kappa shape index (κ3) is 5.42. The molecule has 5 rings (SSSR count). The van der Waals surface area contributed by atoms with Crippen molar-refractivity contribution in [2.24, 2.45) is 0 Å². The predicted octanol–water partition coefficient (Wildman–Crippen LogP) is 3.78. The molecule has 1 N–H and O–H groups in total. The normalized spacial score (nSPS) is 17.8. The molecule has 2 aliphatic rings. The van der Waals surface area contributed by atoms with Crippen LogP contribution in [0, 0.1) is 5.82 Å². The molecule has 0 unspecified atom stereocenters. The number of fused-ring (bicyclic) bond motifs is 1. The first kappa shape index (κ1) is 24.0. The molecule has 0 aliphatic carbocycles. The summed E-state index contributed by atoms with van der Waals surface area (Å²) in [5.41, 5.74) is 1.47. The largest absolute Gasteiger partial charge is 0.370 e. The summed E-state index contributed by atoms with van der Waals surface area (Å²) in [7, 11) is -3.43. The minimum absolute atomic E-state index is 0.155. The van der Waals surface area contributed by atoms with Gasteiger partial charge in [0.2, 0.25) is 10.0 Å². The van der Waals surface area contributed by atoms with E-state index in [0.29, 0.717) is 23.7 Å². The zero-order valence-corrected chi connectivity index (χ0v) is 20.7. The zero-order chi connectivity index (χ0) is 24.3. The van der Waals surface area contributed by atoms with Crippen molar-refractivity contribution in [3.63, 3.8) is 0 Å². The minimum Gasteiger partial charge on any atom is -0.370 e. The molecule has 2 saturated heterocycles. The summed E-state index contributed by atoms with van der Waals surface area (Å²) in [6.07, 6.45) is 2.83. The summed E-state index contributed by atoms with van der Waals surface area (Å²) in [5, 5.41) is 4.21. The van der Waals surface area contributed by atoms with Crippen molar-refractivity contribution in [1.82, 2.24) is 14.2 Å².